The van der Waals surface area contributed by atoms with Crippen LogP contribution in [0.15, 0.2) is 24.3 Å². The van der Waals surface area contributed by atoms with Crippen LogP contribution in [0.5, 0.6) is 0 Å². The van der Waals surface area contributed by atoms with Gasteiger partial charge in [-0.3, -0.25) is 4.79 Å². The zero-order valence-corrected chi connectivity index (χ0v) is 13.1. The molecule has 0 saturated carbocycles. The second-order valence-corrected chi connectivity index (χ2v) is 5.34. The number of anilines is 1. The standard InChI is InChI=1S/C16H21N3O3/c1-11(2)10-14(19-16(21)22-3)15(20)18-13-6-4-12(5-7-13)8-9-17/h4-7,11,14H,8,10H2,1-3H3,(H,18,20)(H,19,21)/t14-/m1/s1. The fourth-order valence-electron chi connectivity index (χ4n) is 1.93. The van der Waals surface area contributed by atoms with E-state index < -0.39 is 12.1 Å². The molecule has 1 atom stereocenters. The van der Waals surface area contributed by atoms with Gasteiger partial charge in [-0.2, -0.15) is 5.26 Å². The van der Waals surface area contributed by atoms with E-state index in [1.54, 1.807) is 24.3 Å². The minimum Gasteiger partial charge on any atom is -0.453 e. The molecule has 22 heavy (non-hydrogen) atoms. The first-order valence-corrected chi connectivity index (χ1v) is 7.07. The molecule has 0 radical (unpaired) electrons. The molecule has 0 aliphatic heterocycles. The van der Waals surface area contributed by atoms with Crippen molar-refractivity contribution in [1.29, 1.82) is 5.26 Å². The van der Waals surface area contributed by atoms with E-state index >= 15 is 0 Å². The van der Waals surface area contributed by atoms with Crippen molar-refractivity contribution in [3.8, 4) is 6.07 Å². The highest BCUT2D eigenvalue weighted by atomic mass is 16.5. The molecule has 118 valence electrons. The first-order chi connectivity index (χ1) is 10.5. The number of carbonyl (C=O) groups is 2. The molecule has 0 bridgehead atoms. The molecule has 0 aliphatic rings. The third-order valence-corrected chi connectivity index (χ3v) is 3.01. The van der Waals surface area contributed by atoms with E-state index in [0.717, 1.165) is 5.56 Å². The maximum Gasteiger partial charge on any atom is 0.407 e. The molecule has 6 nitrogen and oxygen atoms in total. The highest BCUT2D eigenvalue weighted by molar-refractivity contribution is 5.96. The van der Waals surface area contributed by atoms with Gasteiger partial charge in [0.1, 0.15) is 6.04 Å². The second kappa shape index (κ2) is 8.67. The van der Waals surface area contributed by atoms with E-state index in [-0.39, 0.29) is 11.8 Å². The third kappa shape index (κ3) is 5.83. The lowest BCUT2D eigenvalue weighted by atomic mass is 10.0. The van der Waals surface area contributed by atoms with Gasteiger partial charge in [0, 0.05) is 5.69 Å². The summed E-state index contributed by atoms with van der Waals surface area (Å²) in [5.41, 5.74) is 1.50. The first kappa shape index (κ1) is 17.5. The third-order valence-electron chi connectivity index (χ3n) is 3.01. The number of nitrogens with one attached hydrogen (secondary N) is 2. The number of benzene rings is 1. The van der Waals surface area contributed by atoms with Crippen molar-refractivity contribution in [2.45, 2.75) is 32.7 Å². The number of ether oxygens (including phenoxy) is 1. The van der Waals surface area contributed by atoms with Gasteiger partial charge in [-0.15, -0.1) is 0 Å². The second-order valence-electron chi connectivity index (χ2n) is 5.34. The molecule has 1 rings (SSSR count). The summed E-state index contributed by atoms with van der Waals surface area (Å²) in [4.78, 5) is 23.6. The minimum atomic E-state index is -0.661. The Bertz CT molecular complexity index is 547. The Hall–Kier alpha value is -2.55. The van der Waals surface area contributed by atoms with Gasteiger partial charge >= 0.3 is 6.09 Å². The van der Waals surface area contributed by atoms with E-state index in [1.165, 1.54) is 7.11 Å². The lowest BCUT2D eigenvalue weighted by Gasteiger charge is -2.19. The Labute approximate surface area is 130 Å². The van der Waals surface area contributed by atoms with Crippen LogP contribution in [0.4, 0.5) is 10.5 Å². The Balaban J connectivity index is 2.72. The lowest BCUT2D eigenvalue weighted by molar-refractivity contribution is -0.118. The fraction of sp³-hybridized carbons (Fsp3) is 0.438. The SMILES string of the molecule is COC(=O)N[C@H](CC(C)C)C(=O)Nc1ccc(CC#N)cc1. The van der Waals surface area contributed by atoms with E-state index in [2.05, 4.69) is 21.4 Å². The monoisotopic (exact) mass is 303 g/mol. The van der Waals surface area contributed by atoms with Crippen LogP contribution in [0.25, 0.3) is 0 Å². The average molecular weight is 303 g/mol. The van der Waals surface area contributed by atoms with E-state index in [1.807, 2.05) is 13.8 Å². The summed E-state index contributed by atoms with van der Waals surface area (Å²) in [7, 11) is 1.26. The predicted octanol–water partition coefficient (Wildman–Crippen LogP) is 2.46. The normalized spacial score (nSPS) is 11.4. The smallest absolute Gasteiger partial charge is 0.407 e. The summed E-state index contributed by atoms with van der Waals surface area (Å²) in [6.07, 6.45) is 0.201. The van der Waals surface area contributed by atoms with E-state index in [4.69, 9.17) is 5.26 Å². The van der Waals surface area contributed by atoms with Crippen molar-refractivity contribution >= 4 is 17.7 Å². The maximum absolute atomic E-state index is 12.3. The number of alkyl carbamates (subject to hydrolysis) is 1. The van der Waals surface area contributed by atoms with Crippen molar-refractivity contribution in [3.05, 3.63) is 29.8 Å². The van der Waals surface area contributed by atoms with Gasteiger partial charge in [0.25, 0.3) is 0 Å². The number of nitriles is 1. The number of rotatable bonds is 6. The Morgan fingerprint density at radius 1 is 1.27 bits per heavy atom. The highest BCUT2D eigenvalue weighted by Gasteiger charge is 2.22. The molecule has 1 aromatic carbocycles. The summed E-state index contributed by atoms with van der Waals surface area (Å²) in [5, 5.41) is 13.9. The summed E-state index contributed by atoms with van der Waals surface area (Å²) in [6, 6.07) is 8.43. The van der Waals surface area contributed by atoms with Gasteiger partial charge in [0.2, 0.25) is 5.91 Å². The number of nitrogens with zero attached hydrogens (tertiary/aromatic N) is 1. The van der Waals surface area contributed by atoms with Crippen LogP contribution in [0, 0.1) is 17.2 Å². The topological polar surface area (TPSA) is 91.2 Å². The molecule has 0 aliphatic carbocycles. The van der Waals surface area contributed by atoms with Crippen molar-refractivity contribution in [2.24, 2.45) is 5.92 Å². The average Bonchev–Trinajstić information content (AvgIpc) is 2.48. The quantitative estimate of drug-likeness (QED) is 0.844. The van der Waals surface area contributed by atoms with Crippen LogP contribution < -0.4 is 10.6 Å². The Kier molecular flexibility index (Phi) is 6.90. The van der Waals surface area contributed by atoms with Gasteiger partial charge in [-0.05, 0) is 30.0 Å². The van der Waals surface area contributed by atoms with Gasteiger partial charge in [-0.1, -0.05) is 26.0 Å². The summed E-state index contributed by atoms with van der Waals surface area (Å²) in [6.45, 7) is 3.94. The van der Waals surface area contributed by atoms with Crippen molar-refractivity contribution in [1.82, 2.24) is 5.32 Å². The first-order valence-electron chi connectivity index (χ1n) is 7.07. The molecule has 0 heterocycles. The minimum absolute atomic E-state index is 0.242. The molecular formula is C16H21N3O3. The Morgan fingerprint density at radius 3 is 2.41 bits per heavy atom. The predicted molar refractivity (Wildman–Crippen MR) is 83.2 cm³/mol. The number of methoxy groups -OCH3 is 1. The number of amides is 2. The van der Waals surface area contributed by atoms with Crippen LogP contribution in [0.2, 0.25) is 0 Å². The summed E-state index contributed by atoms with van der Waals surface area (Å²) in [5.74, 6) is -0.0574. The highest BCUT2D eigenvalue weighted by Crippen LogP contribution is 2.12. The lowest BCUT2D eigenvalue weighted by Crippen LogP contribution is -2.44. The molecule has 0 fully saturated rings. The van der Waals surface area contributed by atoms with Gasteiger partial charge in [0.15, 0.2) is 0 Å². The number of carbonyl (C=O) groups excluding carboxylic acids is 2. The largest absolute Gasteiger partial charge is 0.453 e. The molecule has 0 saturated heterocycles. The van der Waals surface area contributed by atoms with Gasteiger partial charge in [-0.25, -0.2) is 4.79 Å². The molecule has 0 spiro atoms. The van der Waals surface area contributed by atoms with E-state index in [0.29, 0.717) is 18.5 Å². The van der Waals surface area contributed by atoms with Crippen molar-refractivity contribution in [2.75, 3.05) is 12.4 Å². The zero-order valence-electron chi connectivity index (χ0n) is 13.1. The maximum atomic E-state index is 12.3. The molecule has 2 amide bonds. The Morgan fingerprint density at radius 2 is 1.91 bits per heavy atom. The molecule has 1 aromatic rings. The molecular weight excluding hydrogens is 282 g/mol. The van der Waals surface area contributed by atoms with Crippen molar-refractivity contribution in [3.63, 3.8) is 0 Å². The summed E-state index contributed by atoms with van der Waals surface area (Å²) >= 11 is 0. The number of hydrogen-bond donors (Lipinski definition) is 2. The van der Waals surface area contributed by atoms with Crippen molar-refractivity contribution < 1.29 is 14.3 Å². The van der Waals surface area contributed by atoms with Crippen LogP contribution in [0.1, 0.15) is 25.8 Å². The number of hydrogen-bond acceptors (Lipinski definition) is 4. The van der Waals surface area contributed by atoms with Crippen LogP contribution >= 0.6 is 0 Å². The summed E-state index contributed by atoms with van der Waals surface area (Å²) < 4.78 is 4.54. The van der Waals surface area contributed by atoms with Gasteiger partial charge in [0.05, 0.1) is 19.6 Å². The van der Waals surface area contributed by atoms with Crippen LogP contribution in [0.3, 0.4) is 0 Å². The molecule has 0 unspecified atom stereocenters. The molecule has 0 aromatic heterocycles. The van der Waals surface area contributed by atoms with Crippen LogP contribution in [-0.2, 0) is 16.0 Å². The van der Waals surface area contributed by atoms with E-state index in [9.17, 15) is 9.59 Å². The zero-order chi connectivity index (χ0) is 16.5. The van der Waals surface area contributed by atoms with Gasteiger partial charge < -0.3 is 15.4 Å². The molecule has 6 heteroatoms. The fourth-order valence-corrected chi connectivity index (χ4v) is 1.93. The van der Waals surface area contributed by atoms with Crippen LogP contribution in [-0.4, -0.2) is 25.2 Å². The molecule has 2 N–H and O–H groups in total.